The Morgan fingerprint density at radius 1 is 1.27 bits per heavy atom. The van der Waals surface area contributed by atoms with Crippen molar-refractivity contribution in [1.82, 2.24) is 4.98 Å². The van der Waals surface area contributed by atoms with Gasteiger partial charge in [-0.15, -0.1) is 0 Å². The molecule has 1 aromatic heterocycles. The maximum Gasteiger partial charge on any atom is 0.200 e. The molecule has 1 aliphatic rings. The van der Waals surface area contributed by atoms with Crippen LogP contribution in [0.2, 0.25) is 0 Å². The van der Waals surface area contributed by atoms with E-state index in [1.165, 1.54) is 19.3 Å². The van der Waals surface area contributed by atoms with Crippen molar-refractivity contribution in [2.24, 2.45) is 0 Å². The number of sulfone groups is 1. The fourth-order valence-electron chi connectivity index (χ4n) is 2.56. The zero-order chi connectivity index (χ0) is 16.4. The first-order chi connectivity index (χ1) is 10.3. The Morgan fingerprint density at radius 2 is 2.00 bits per heavy atom. The van der Waals surface area contributed by atoms with Crippen molar-refractivity contribution in [1.29, 1.82) is 0 Å². The van der Waals surface area contributed by atoms with Crippen LogP contribution in [0.15, 0.2) is 23.4 Å². The highest BCUT2D eigenvalue weighted by molar-refractivity contribution is 7.99. The molecule has 0 aromatic carbocycles. The van der Waals surface area contributed by atoms with Gasteiger partial charge in [-0.1, -0.05) is 6.42 Å². The molecule has 6 heteroatoms. The van der Waals surface area contributed by atoms with Crippen molar-refractivity contribution in [3.63, 3.8) is 0 Å². The predicted octanol–water partition coefficient (Wildman–Crippen LogP) is 3.38. The van der Waals surface area contributed by atoms with Crippen molar-refractivity contribution in [2.75, 3.05) is 24.2 Å². The number of rotatable bonds is 3. The Balaban J connectivity index is 2.22. The molecule has 1 unspecified atom stereocenters. The molecule has 0 saturated carbocycles. The monoisotopic (exact) mass is 342 g/mol. The van der Waals surface area contributed by atoms with Crippen LogP contribution in [0.5, 0.6) is 0 Å². The molecule has 2 heterocycles. The summed E-state index contributed by atoms with van der Waals surface area (Å²) in [5, 5.41) is 0.806. The van der Waals surface area contributed by atoms with Crippen molar-refractivity contribution >= 4 is 27.3 Å². The normalized spacial score (nSPS) is 20.7. The average Bonchev–Trinajstić information content (AvgIpc) is 2.71. The summed E-state index contributed by atoms with van der Waals surface area (Å²) in [5.41, 5.74) is 1.02. The minimum absolute atomic E-state index is 0.167. The van der Waals surface area contributed by atoms with Gasteiger partial charge in [0.15, 0.2) is 14.9 Å². The highest BCUT2D eigenvalue weighted by Gasteiger charge is 2.32. The summed E-state index contributed by atoms with van der Waals surface area (Å²) in [6, 6.07) is 3.54. The third kappa shape index (κ3) is 3.77. The second-order valence-electron chi connectivity index (χ2n) is 6.77. The standard InChI is InChI=1S/C16H26N2O2S2/c1-16(2,3)22(19,20)15-9-8-13(11-17-15)18-10-6-5-7-14(12-18)21-4/h8-9,11,14H,5-7,10,12H2,1-4H3. The minimum Gasteiger partial charge on any atom is -0.369 e. The first-order valence-electron chi connectivity index (χ1n) is 7.74. The first-order valence-corrected chi connectivity index (χ1v) is 10.5. The van der Waals surface area contributed by atoms with E-state index in [0.29, 0.717) is 5.25 Å². The summed E-state index contributed by atoms with van der Waals surface area (Å²) < 4.78 is 24.0. The number of nitrogens with zero attached hydrogens (tertiary/aromatic N) is 2. The van der Waals surface area contributed by atoms with Crippen molar-refractivity contribution in [3.8, 4) is 0 Å². The molecule has 1 aliphatic heterocycles. The Hall–Kier alpha value is -0.750. The molecule has 0 aliphatic carbocycles. The number of hydrogen-bond acceptors (Lipinski definition) is 5. The van der Waals surface area contributed by atoms with Gasteiger partial charge in [0.2, 0.25) is 0 Å². The molecule has 0 radical (unpaired) electrons. The van der Waals surface area contributed by atoms with Crippen LogP contribution in [0.25, 0.3) is 0 Å². The van der Waals surface area contributed by atoms with E-state index in [-0.39, 0.29) is 5.03 Å². The van der Waals surface area contributed by atoms with Crippen LogP contribution in [-0.4, -0.2) is 42.7 Å². The topological polar surface area (TPSA) is 50.3 Å². The van der Waals surface area contributed by atoms with E-state index in [4.69, 9.17) is 0 Å². The number of hydrogen-bond donors (Lipinski definition) is 0. The molecule has 0 bridgehead atoms. The molecule has 0 amide bonds. The Labute approximate surface area is 138 Å². The first kappa shape index (κ1) is 17.6. The number of anilines is 1. The van der Waals surface area contributed by atoms with E-state index >= 15 is 0 Å². The van der Waals surface area contributed by atoms with Gasteiger partial charge < -0.3 is 4.90 Å². The Bertz CT molecular complexity index is 592. The molecule has 124 valence electrons. The average molecular weight is 343 g/mol. The molecular weight excluding hydrogens is 316 g/mol. The minimum atomic E-state index is -3.38. The van der Waals surface area contributed by atoms with Gasteiger partial charge in [-0.2, -0.15) is 11.8 Å². The number of thioether (sulfide) groups is 1. The van der Waals surface area contributed by atoms with Gasteiger partial charge in [0.1, 0.15) is 0 Å². The van der Waals surface area contributed by atoms with Crippen LogP contribution in [0.3, 0.4) is 0 Å². The molecule has 1 aromatic rings. The number of pyridine rings is 1. The SMILES string of the molecule is CSC1CCCCN(c2ccc(S(=O)(=O)C(C)(C)C)nc2)C1. The van der Waals surface area contributed by atoms with Crippen LogP contribution < -0.4 is 4.90 Å². The molecule has 1 atom stereocenters. The summed E-state index contributed by atoms with van der Waals surface area (Å²) in [5.74, 6) is 0. The van der Waals surface area contributed by atoms with Gasteiger partial charge >= 0.3 is 0 Å². The van der Waals surface area contributed by atoms with Crippen LogP contribution in [0, 0.1) is 0 Å². The fourth-order valence-corrected chi connectivity index (χ4v) is 4.36. The molecule has 4 nitrogen and oxygen atoms in total. The quantitative estimate of drug-likeness (QED) is 0.843. The predicted molar refractivity (Wildman–Crippen MR) is 94.5 cm³/mol. The van der Waals surface area contributed by atoms with Crippen LogP contribution in [0.4, 0.5) is 5.69 Å². The Kier molecular flexibility index (Phi) is 5.43. The molecule has 0 spiro atoms. The fraction of sp³-hybridized carbons (Fsp3) is 0.688. The van der Waals surface area contributed by atoms with Gasteiger partial charge in [0, 0.05) is 18.3 Å². The van der Waals surface area contributed by atoms with Gasteiger partial charge in [-0.05, 0) is 52.0 Å². The van der Waals surface area contributed by atoms with E-state index in [9.17, 15) is 8.42 Å². The largest absolute Gasteiger partial charge is 0.369 e. The Morgan fingerprint density at radius 3 is 2.55 bits per heavy atom. The van der Waals surface area contributed by atoms with E-state index in [0.717, 1.165) is 18.8 Å². The van der Waals surface area contributed by atoms with Gasteiger partial charge in [0.05, 0.1) is 16.6 Å². The summed E-state index contributed by atoms with van der Waals surface area (Å²) >= 11 is 1.91. The zero-order valence-electron chi connectivity index (χ0n) is 13.9. The molecule has 22 heavy (non-hydrogen) atoms. The second kappa shape index (κ2) is 6.79. The lowest BCUT2D eigenvalue weighted by atomic mass is 10.2. The highest BCUT2D eigenvalue weighted by atomic mass is 32.2. The number of aromatic nitrogens is 1. The maximum atomic E-state index is 12.4. The zero-order valence-corrected chi connectivity index (χ0v) is 15.5. The lowest BCUT2D eigenvalue weighted by Gasteiger charge is -2.26. The van der Waals surface area contributed by atoms with Crippen LogP contribution in [-0.2, 0) is 9.84 Å². The van der Waals surface area contributed by atoms with Crippen molar-refractivity contribution < 1.29 is 8.42 Å². The second-order valence-corrected chi connectivity index (χ2v) is 10.6. The third-order valence-corrected chi connectivity index (χ3v) is 7.58. The summed E-state index contributed by atoms with van der Waals surface area (Å²) in [4.78, 5) is 6.57. The van der Waals surface area contributed by atoms with Gasteiger partial charge in [0.25, 0.3) is 0 Å². The molecular formula is C16H26N2O2S2. The lowest BCUT2D eigenvalue weighted by molar-refractivity contribution is 0.556. The molecule has 1 fully saturated rings. The smallest absolute Gasteiger partial charge is 0.200 e. The molecule has 2 rings (SSSR count). The third-order valence-electron chi connectivity index (χ3n) is 4.13. The summed E-state index contributed by atoms with van der Waals surface area (Å²) in [7, 11) is -3.38. The van der Waals surface area contributed by atoms with Gasteiger partial charge in [-0.25, -0.2) is 13.4 Å². The van der Waals surface area contributed by atoms with E-state index in [1.807, 2.05) is 17.8 Å². The van der Waals surface area contributed by atoms with Crippen LogP contribution >= 0.6 is 11.8 Å². The van der Waals surface area contributed by atoms with E-state index < -0.39 is 14.6 Å². The van der Waals surface area contributed by atoms with E-state index in [2.05, 4.69) is 16.1 Å². The van der Waals surface area contributed by atoms with Crippen molar-refractivity contribution in [2.45, 2.75) is 55.1 Å². The molecule has 1 saturated heterocycles. The summed E-state index contributed by atoms with van der Waals surface area (Å²) in [6.07, 6.45) is 7.55. The summed E-state index contributed by atoms with van der Waals surface area (Å²) in [6.45, 7) is 7.14. The lowest BCUT2D eigenvalue weighted by Crippen LogP contribution is -2.30. The van der Waals surface area contributed by atoms with E-state index in [1.54, 1.807) is 33.0 Å². The van der Waals surface area contributed by atoms with Crippen molar-refractivity contribution in [3.05, 3.63) is 18.3 Å². The van der Waals surface area contributed by atoms with Gasteiger partial charge in [-0.3, -0.25) is 0 Å². The maximum absolute atomic E-state index is 12.4. The highest BCUT2D eigenvalue weighted by Crippen LogP contribution is 2.27. The molecule has 0 N–H and O–H groups in total. The van der Waals surface area contributed by atoms with Crippen LogP contribution in [0.1, 0.15) is 40.0 Å².